The first-order valence-corrected chi connectivity index (χ1v) is 11.1. The van der Waals surface area contributed by atoms with Crippen LogP contribution in [0.1, 0.15) is 34.1 Å². The summed E-state index contributed by atoms with van der Waals surface area (Å²) in [4.78, 5) is 26.0. The lowest BCUT2D eigenvalue weighted by molar-refractivity contribution is 0.0520. The molecule has 0 fully saturated rings. The van der Waals surface area contributed by atoms with Crippen molar-refractivity contribution in [1.29, 1.82) is 0 Å². The zero-order valence-corrected chi connectivity index (χ0v) is 19.7. The second kappa shape index (κ2) is 10.1. The molecule has 1 N–H and O–H groups in total. The van der Waals surface area contributed by atoms with Gasteiger partial charge in [-0.25, -0.2) is 9.78 Å². The highest BCUT2D eigenvalue weighted by molar-refractivity contribution is 6.06. The van der Waals surface area contributed by atoms with Gasteiger partial charge in [0.05, 0.1) is 23.4 Å². The zero-order valence-electron chi connectivity index (χ0n) is 19.7. The molecule has 0 radical (unpaired) electrons. The van der Waals surface area contributed by atoms with E-state index >= 15 is 0 Å². The average Bonchev–Trinajstić information content (AvgIpc) is 2.83. The quantitative estimate of drug-likeness (QED) is 0.249. The minimum absolute atomic E-state index is 0.238. The van der Waals surface area contributed by atoms with Crippen molar-refractivity contribution in [1.82, 2.24) is 4.98 Å². The molecule has 170 valence electrons. The van der Waals surface area contributed by atoms with E-state index in [4.69, 9.17) is 4.74 Å². The van der Waals surface area contributed by atoms with Gasteiger partial charge in [-0.3, -0.25) is 0 Å². The van der Waals surface area contributed by atoms with E-state index < -0.39 is 5.97 Å². The van der Waals surface area contributed by atoms with Crippen LogP contribution in [0.4, 0.5) is 22.9 Å². The number of hydrogen-bond donors (Lipinski definition) is 1. The van der Waals surface area contributed by atoms with Gasteiger partial charge in [-0.1, -0.05) is 41.5 Å². The van der Waals surface area contributed by atoms with Gasteiger partial charge in [0.2, 0.25) is 0 Å². The molecule has 0 saturated heterocycles. The summed E-state index contributed by atoms with van der Waals surface area (Å²) < 4.78 is 5.21. The lowest BCUT2D eigenvalue weighted by atomic mass is 10.0. The smallest absolute Gasteiger partial charge is 0.357 e. The Labute approximate surface area is 199 Å². The number of carbonyl (C=O) groups is 1. The molecule has 0 spiro atoms. The Morgan fingerprint density at radius 1 is 0.941 bits per heavy atom. The van der Waals surface area contributed by atoms with Crippen LogP contribution in [0.5, 0.6) is 0 Å². The lowest BCUT2D eigenvalue weighted by Gasteiger charge is -2.14. The molecule has 0 bridgehead atoms. The van der Waals surface area contributed by atoms with Crippen LogP contribution in [-0.2, 0) is 4.74 Å². The number of aromatic nitrogens is 1. The number of hydrogen-bond acceptors (Lipinski definition) is 6. The number of anilines is 2. The fourth-order valence-corrected chi connectivity index (χ4v) is 3.52. The monoisotopic (exact) mass is 450 g/mol. The van der Waals surface area contributed by atoms with Crippen molar-refractivity contribution in [3.8, 4) is 0 Å². The molecule has 6 heteroatoms. The maximum absolute atomic E-state index is 12.5. The predicted molar refractivity (Wildman–Crippen MR) is 137 cm³/mol. The first-order chi connectivity index (χ1) is 16.4. The van der Waals surface area contributed by atoms with E-state index in [0.29, 0.717) is 11.5 Å². The molecule has 3 aromatic carbocycles. The Bertz CT molecular complexity index is 1400. The van der Waals surface area contributed by atoms with Crippen molar-refractivity contribution < 1.29 is 9.53 Å². The van der Waals surface area contributed by atoms with Crippen LogP contribution in [0.25, 0.3) is 10.8 Å². The van der Waals surface area contributed by atoms with Crippen molar-refractivity contribution in [2.75, 3.05) is 11.9 Å². The molecule has 4 aromatic rings. The molecule has 0 aliphatic carbocycles. The number of benzene rings is 3. The Balaban J connectivity index is 1.86. The molecule has 4 rings (SSSR count). The fourth-order valence-electron chi connectivity index (χ4n) is 3.52. The molecule has 1 aromatic heterocycles. The maximum Gasteiger partial charge on any atom is 0.357 e. The summed E-state index contributed by atoms with van der Waals surface area (Å²) >= 11 is 0. The summed E-state index contributed by atoms with van der Waals surface area (Å²) in [5.74, 6) is 0.0505. The van der Waals surface area contributed by atoms with Gasteiger partial charge >= 0.3 is 5.97 Å². The molecular formula is C28H26N4O2. The standard InChI is InChI=1S/C28H26N4O2/c1-5-34-28(33)25-16-23-20(4)10-15-24(30-17-29-21-11-6-18(2)7-12-21)26(23)27(32-25)31-22-13-8-19(3)9-14-22/h6-16H,5H2,1-4H3,(H,31,32). The topological polar surface area (TPSA) is 75.9 Å². The van der Waals surface area contributed by atoms with Gasteiger partial charge in [-0.2, -0.15) is 9.98 Å². The highest BCUT2D eigenvalue weighted by Crippen LogP contribution is 2.35. The largest absolute Gasteiger partial charge is 0.461 e. The fraction of sp³-hybridized carbons (Fsp3) is 0.179. The SMILES string of the molecule is CCOC(=O)c1cc2c(C)ccc(N=C=Nc3ccc(C)cc3)c2c(Nc2ccc(C)cc2)n1. The highest BCUT2D eigenvalue weighted by Gasteiger charge is 2.17. The van der Waals surface area contributed by atoms with Crippen molar-refractivity contribution in [3.63, 3.8) is 0 Å². The number of esters is 1. The van der Waals surface area contributed by atoms with Crippen LogP contribution in [0.15, 0.2) is 76.7 Å². The first-order valence-electron chi connectivity index (χ1n) is 11.1. The molecule has 0 aliphatic heterocycles. The van der Waals surface area contributed by atoms with Gasteiger partial charge in [-0.05, 0) is 75.0 Å². The molecule has 1 heterocycles. The van der Waals surface area contributed by atoms with E-state index in [1.165, 1.54) is 0 Å². The number of carbonyl (C=O) groups excluding carboxylic acids is 1. The average molecular weight is 451 g/mol. The summed E-state index contributed by atoms with van der Waals surface area (Å²) in [7, 11) is 0. The zero-order chi connectivity index (χ0) is 24.1. The molecule has 0 saturated carbocycles. The van der Waals surface area contributed by atoms with Crippen LogP contribution in [-0.4, -0.2) is 23.6 Å². The maximum atomic E-state index is 12.5. The number of pyridine rings is 1. The Morgan fingerprint density at radius 2 is 1.62 bits per heavy atom. The summed E-state index contributed by atoms with van der Waals surface area (Å²) in [5, 5.41) is 4.99. The highest BCUT2D eigenvalue weighted by atomic mass is 16.5. The van der Waals surface area contributed by atoms with E-state index in [-0.39, 0.29) is 12.3 Å². The number of rotatable bonds is 6. The van der Waals surface area contributed by atoms with Gasteiger partial charge < -0.3 is 10.1 Å². The Hall–Kier alpha value is -4.28. The summed E-state index contributed by atoms with van der Waals surface area (Å²) in [6.45, 7) is 8.09. The number of nitrogens with zero attached hydrogens (tertiary/aromatic N) is 3. The van der Waals surface area contributed by atoms with Gasteiger partial charge in [0, 0.05) is 5.69 Å². The Morgan fingerprint density at radius 3 is 2.29 bits per heavy atom. The summed E-state index contributed by atoms with van der Waals surface area (Å²) in [6.07, 6.45) is 0. The number of ether oxygens (including phenoxy) is 1. The van der Waals surface area contributed by atoms with Gasteiger partial charge in [0.25, 0.3) is 0 Å². The van der Waals surface area contributed by atoms with Crippen LogP contribution >= 0.6 is 0 Å². The summed E-state index contributed by atoms with van der Waals surface area (Å²) in [6, 6.07) is 24.2. The van der Waals surface area contributed by atoms with Crippen LogP contribution < -0.4 is 5.32 Å². The van der Waals surface area contributed by atoms with Gasteiger partial charge in [0.1, 0.15) is 11.8 Å². The third kappa shape index (κ3) is 5.20. The number of fused-ring (bicyclic) bond motifs is 1. The number of aliphatic imine (C=N–C) groups is 2. The molecule has 6 nitrogen and oxygen atoms in total. The first kappa shape index (κ1) is 22.9. The number of nitrogens with one attached hydrogen (secondary N) is 1. The van der Waals surface area contributed by atoms with E-state index in [0.717, 1.165) is 38.8 Å². The molecular weight excluding hydrogens is 424 g/mol. The van der Waals surface area contributed by atoms with Gasteiger partial charge in [0.15, 0.2) is 5.69 Å². The van der Waals surface area contributed by atoms with E-state index in [2.05, 4.69) is 26.3 Å². The minimum Gasteiger partial charge on any atom is -0.461 e. The lowest BCUT2D eigenvalue weighted by Crippen LogP contribution is -2.09. The summed E-state index contributed by atoms with van der Waals surface area (Å²) in [5.41, 5.74) is 5.81. The van der Waals surface area contributed by atoms with Crippen molar-refractivity contribution in [3.05, 3.63) is 89.1 Å². The molecule has 0 unspecified atom stereocenters. The molecule has 0 atom stereocenters. The Kier molecular flexibility index (Phi) is 6.81. The van der Waals surface area contributed by atoms with E-state index in [1.54, 1.807) is 13.0 Å². The second-order valence-corrected chi connectivity index (χ2v) is 8.05. The van der Waals surface area contributed by atoms with Crippen molar-refractivity contribution in [2.45, 2.75) is 27.7 Å². The third-order valence-electron chi connectivity index (χ3n) is 5.37. The molecule has 0 aliphatic rings. The van der Waals surface area contributed by atoms with E-state index in [1.807, 2.05) is 81.4 Å². The predicted octanol–water partition coefficient (Wildman–Crippen LogP) is 7.22. The van der Waals surface area contributed by atoms with Crippen molar-refractivity contribution in [2.24, 2.45) is 9.98 Å². The van der Waals surface area contributed by atoms with E-state index in [9.17, 15) is 4.79 Å². The number of aryl methyl sites for hydroxylation is 3. The minimum atomic E-state index is -0.467. The second-order valence-electron chi connectivity index (χ2n) is 8.05. The van der Waals surface area contributed by atoms with Crippen molar-refractivity contribution >= 4 is 45.6 Å². The normalized spacial score (nSPS) is 10.5. The third-order valence-corrected chi connectivity index (χ3v) is 5.37. The molecule has 0 amide bonds. The van der Waals surface area contributed by atoms with Crippen LogP contribution in [0.2, 0.25) is 0 Å². The van der Waals surface area contributed by atoms with Crippen LogP contribution in [0, 0.1) is 20.8 Å². The van der Waals surface area contributed by atoms with Crippen LogP contribution in [0.3, 0.4) is 0 Å². The molecule has 34 heavy (non-hydrogen) atoms. The van der Waals surface area contributed by atoms with Gasteiger partial charge in [-0.15, -0.1) is 0 Å².